The molecule has 24 heavy (non-hydrogen) atoms. The number of aromatic nitrogens is 3. The summed E-state index contributed by atoms with van der Waals surface area (Å²) < 4.78 is 0. The number of rotatable bonds is 5. The Hall–Kier alpha value is -2.95. The van der Waals surface area contributed by atoms with Crippen LogP contribution in [0.2, 0.25) is 0 Å². The van der Waals surface area contributed by atoms with E-state index in [2.05, 4.69) is 38.7 Å². The molecule has 1 aliphatic rings. The molecule has 2 aromatic heterocycles. The first-order chi connectivity index (χ1) is 11.8. The van der Waals surface area contributed by atoms with Crippen molar-refractivity contribution < 1.29 is 4.79 Å². The number of pyridine rings is 1. The zero-order valence-corrected chi connectivity index (χ0v) is 13.2. The Kier molecular flexibility index (Phi) is 3.83. The van der Waals surface area contributed by atoms with Crippen LogP contribution in [0, 0.1) is 0 Å². The minimum absolute atomic E-state index is 0.148. The van der Waals surface area contributed by atoms with Crippen molar-refractivity contribution in [1.29, 1.82) is 0 Å². The van der Waals surface area contributed by atoms with Crippen LogP contribution in [0.25, 0.3) is 11.1 Å². The van der Waals surface area contributed by atoms with Gasteiger partial charge in [-0.25, -0.2) is 0 Å². The summed E-state index contributed by atoms with van der Waals surface area (Å²) in [5, 5.41) is 9.84. The van der Waals surface area contributed by atoms with Crippen molar-refractivity contribution in [3.05, 3.63) is 71.8 Å². The monoisotopic (exact) mass is 318 g/mol. The Balaban J connectivity index is 1.51. The topological polar surface area (TPSA) is 70.7 Å². The van der Waals surface area contributed by atoms with Gasteiger partial charge in [0.05, 0.1) is 6.20 Å². The van der Waals surface area contributed by atoms with Crippen LogP contribution in [0.5, 0.6) is 0 Å². The Morgan fingerprint density at radius 3 is 2.75 bits per heavy atom. The number of benzene rings is 1. The highest BCUT2D eigenvalue weighted by Crippen LogP contribution is 2.41. The molecular weight excluding hydrogens is 300 g/mol. The highest BCUT2D eigenvalue weighted by molar-refractivity contribution is 5.98. The lowest BCUT2D eigenvalue weighted by atomic mass is 10.0. The number of nitrogens with zero attached hydrogens (tertiary/aromatic N) is 2. The van der Waals surface area contributed by atoms with Gasteiger partial charge in [0.1, 0.15) is 5.69 Å². The van der Waals surface area contributed by atoms with Crippen molar-refractivity contribution >= 4 is 5.91 Å². The Bertz CT molecular complexity index is 853. The van der Waals surface area contributed by atoms with E-state index in [0.717, 1.165) is 11.1 Å². The van der Waals surface area contributed by atoms with Crippen molar-refractivity contribution in [3.63, 3.8) is 0 Å². The van der Waals surface area contributed by atoms with Gasteiger partial charge in [-0.05, 0) is 47.6 Å². The molecule has 1 amide bonds. The van der Waals surface area contributed by atoms with Crippen LogP contribution in [0.1, 0.15) is 40.4 Å². The van der Waals surface area contributed by atoms with Crippen LogP contribution in [0.3, 0.4) is 0 Å². The summed E-state index contributed by atoms with van der Waals surface area (Å²) in [5.41, 5.74) is 4.73. The van der Waals surface area contributed by atoms with E-state index in [1.807, 2.05) is 18.2 Å². The largest absolute Gasteiger partial charge is 0.347 e. The van der Waals surface area contributed by atoms with Gasteiger partial charge in [0.15, 0.2) is 0 Å². The molecule has 0 atom stereocenters. The molecule has 0 radical (unpaired) electrons. The molecular formula is C19H18N4O. The van der Waals surface area contributed by atoms with Crippen LogP contribution in [-0.2, 0) is 6.54 Å². The summed E-state index contributed by atoms with van der Waals surface area (Å²) in [4.78, 5) is 16.6. The lowest BCUT2D eigenvalue weighted by molar-refractivity contribution is 0.0946. The number of H-pyrrole nitrogens is 1. The minimum Gasteiger partial charge on any atom is -0.347 e. The first kappa shape index (κ1) is 14.6. The molecule has 1 saturated carbocycles. The molecule has 0 saturated heterocycles. The minimum atomic E-state index is -0.148. The van der Waals surface area contributed by atoms with Crippen LogP contribution < -0.4 is 5.32 Å². The van der Waals surface area contributed by atoms with Crippen molar-refractivity contribution in [3.8, 4) is 11.1 Å². The van der Waals surface area contributed by atoms with Crippen LogP contribution >= 0.6 is 0 Å². The van der Waals surface area contributed by atoms with Gasteiger partial charge in [-0.1, -0.05) is 24.3 Å². The molecule has 5 heteroatoms. The maximum atomic E-state index is 12.6. The smallest absolute Gasteiger partial charge is 0.270 e. The van der Waals surface area contributed by atoms with E-state index in [1.165, 1.54) is 24.0 Å². The van der Waals surface area contributed by atoms with Gasteiger partial charge in [-0.15, -0.1) is 0 Å². The van der Waals surface area contributed by atoms with Crippen LogP contribution in [0.4, 0.5) is 0 Å². The number of hydrogen-bond acceptors (Lipinski definition) is 3. The highest BCUT2D eigenvalue weighted by Gasteiger charge is 2.25. The zero-order valence-electron chi connectivity index (χ0n) is 13.2. The maximum Gasteiger partial charge on any atom is 0.270 e. The second-order valence-electron chi connectivity index (χ2n) is 6.05. The lowest BCUT2D eigenvalue weighted by Gasteiger charge is -2.10. The van der Waals surface area contributed by atoms with Gasteiger partial charge >= 0.3 is 0 Å². The lowest BCUT2D eigenvalue weighted by Crippen LogP contribution is -2.24. The fourth-order valence-corrected chi connectivity index (χ4v) is 2.96. The van der Waals surface area contributed by atoms with Gasteiger partial charge in [0, 0.05) is 24.5 Å². The molecule has 1 aliphatic carbocycles. The third-order valence-corrected chi connectivity index (χ3v) is 4.37. The summed E-state index contributed by atoms with van der Waals surface area (Å²) in [7, 11) is 0. The number of aromatic amines is 1. The Morgan fingerprint density at radius 1 is 1.17 bits per heavy atom. The van der Waals surface area contributed by atoms with Gasteiger partial charge in [-0.3, -0.25) is 14.9 Å². The Labute approximate surface area is 140 Å². The maximum absolute atomic E-state index is 12.6. The molecule has 2 heterocycles. The first-order valence-corrected chi connectivity index (χ1v) is 8.12. The van der Waals surface area contributed by atoms with E-state index in [1.54, 1.807) is 18.6 Å². The number of nitrogens with one attached hydrogen (secondary N) is 2. The first-order valence-electron chi connectivity index (χ1n) is 8.12. The fraction of sp³-hybridized carbons (Fsp3) is 0.211. The summed E-state index contributed by atoms with van der Waals surface area (Å²) in [6.45, 7) is 0.528. The zero-order chi connectivity index (χ0) is 16.4. The van der Waals surface area contributed by atoms with Crippen molar-refractivity contribution in [2.45, 2.75) is 25.3 Å². The molecule has 0 aliphatic heterocycles. The third-order valence-electron chi connectivity index (χ3n) is 4.37. The number of amides is 1. The molecule has 4 rings (SSSR count). The standard InChI is InChI=1S/C19H18N4O/c24-19(18-17(12-22-23-18)14-7-9-20-10-8-14)21-11-15-3-1-2-4-16(15)13-5-6-13/h1-4,7-10,12-13H,5-6,11H2,(H,21,24)(H,22,23). The van der Waals surface area contributed by atoms with Crippen molar-refractivity contribution in [1.82, 2.24) is 20.5 Å². The second-order valence-corrected chi connectivity index (χ2v) is 6.05. The Morgan fingerprint density at radius 2 is 1.96 bits per heavy atom. The van der Waals surface area contributed by atoms with Gasteiger partial charge < -0.3 is 5.32 Å². The molecule has 1 aromatic carbocycles. The van der Waals surface area contributed by atoms with E-state index in [9.17, 15) is 4.79 Å². The summed E-state index contributed by atoms with van der Waals surface area (Å²) in [6.07, 6.45) is 7.57. The predicted molar refractivity (Wildman–Crippen MR) is 91.4 cm³/mol. The average Bonchev–Trinajstić information content (AvgIpc) is 3.36. The van der Waals surface area contributed by atoms with Crippen molar-refractivity contribution in [2.24, 2.45) is 0 Å². The summed E-state index contributed by atoms with van der Waals surface area (Å²) in [5.74, 6) is 0.516. The number of carbonyl (C=O) groups is 1. The summed E-state index contributed by atoms with van der Waals surface area (Å²) >= 11 is 0. The molecule has 0 spiro atoms. The molecule has 120 valence electrons. The predicted octanol–water partition coefficient (Wildman–Crippen LogP) is 3.28. The molecule has 5 nitrogen and oxygen atoms in total. The molecule has 2 N–H and O–H groups in total. The molecule has 0 unspecified atom stereocenters. The number of carbonyl (C=O) groups excluding carboxylic acids is 1. The van der Waals surface area contributed by atoms with E-state index in [4.69, 9.17) is 0 Å². The second kappa shape index (κ2) is 6.28. The normalized spacial score (nSPS) is 13.7. The van der Waals surface area contributed by atoms with E-state index in [-0.39, 0.29) is 5.91 Å². The van der Waals surface area contributed by atoms with Gasteiger partial charge in [0.25, 0.3) is 5.91 Å². The SMILES string of the molecule is O=C(NCc1ccccc1C1CC1)c1[nH]ncc1-c1ccncc1. The van der Waals surface area contributed by atoms with E-state index < -0.39 is 0 Å². The number of hydrogen-bond donors (Lipinski definition) is 2. The van der Waals surface area contributed by atoms with Gasteiger partial charge in [-0.2, -0.15) is 5.10 Å². The van der Waals surface area contributed by atoms with Crippen LogP contribution in [-0.4, -0.2) is 21.1 Å². The highest BCUT2D eigenvalue weighted by atomic mass is 16.1. The fourth-order valence-electron chi connectivity index (χ4n) is 2.96. The summed E-state index contributed by atoms with van der Waals surface area (Å²) in [6, 6.07) is 12.1. The molecule has 0 bridgehead atoms. The van der Waals surface area contributed by atoms with Crippen molar-refractivity contribution in [2.75, 3.05) is 0 Å². The van der Waals surface area contributed by atoms with E-state index in [0.29, 0.717) is 18.2 Å². The molecule has 3 aromatic rings. The quantitative estimate of drug-likeness (QED) is 0.758. The van der Waals surface area contributed by atoms with Gasteiger partial charge in [0.2, 0.25) is 0 Å². The molecule has 1 fully saturated rings. The average molecular weight is 318 g/mol. The van der Waals surface area contributed by atoms with E-state index >= 15 is 0 Å². The van der Waals surface area contributed by atoms with Crippen LogP contribution in [0.15, 0.2) is 55.0 Å². The third kappa shape index (κ3) is 2.93.